The van der Waals surface area contributed by atoms with E-state index in [1.807, 2.05) is 35.3 Å². The van der Waals surface area contributed by atoms with Crippen molar-refractivity contribution in [1.82, 2.24) is 0 Å². The van der Waals surface area contributed by atoms with Gasteiger partial charge in [0, 0.05) is 56.5 Å². The maximum absolute atomic E-state index is 7.48. The second kappa shape index (κ2) is 20.9. The Morgan fingerprint density at radius 2 is 0.935 bits per heavy atom. The summed E-state index contributed by atoms with van der Waals surface area (Å²) in [5.74, 6) is 8.98. The van der Waals surface area contributed by atoms with Crippen LogP contribution in [0.4, 0.5) is 0 Å². The molecule has 0 aliphatic carbocycles. The van der Waals surface area contributed by atoms with Crippen LogP contribution in [0.25, 0.3) is 0 Å². The quantitative estimate of drug-likeness (QED) is 0.0615. The molecular formula is C16H34N8S7. The van der Waals surface area contributed by atoms with Crippen molar-refractivity contribution >= 4 is 104 Å². The van der Waals surface area contributed by atoms with Crippen LogP contribution < -0.4 is 22.9 Å². The van der Waals surface area contributed by atoms with Crippen molar-refractivity contribution < 1.29 is 0 Å². The number of thioether (sulfide) groups is 7. The van der Waals surface area contributed by atoms with Crippen LogP contribution in [0.1, 0.15) is 0 Å². The highest BCUT2D eigenvalue weighted by molar-refractivity contribution is 8.15. The summed E-state index contributed by atoms with van der Waals surface area (Å²) in [6.07, 6.45) is 0. The summed E-state index contributed by atoms with van der Waals surface area (Å²) in [6.45, 7) is 0. The second-order valence-corrected chi connectivity index (χ2v) is 14.3. The Bertz CT molecular complexity index is 506. The van der Waals surface area contributed by atoms with Crippen LogP contribution in [0.3, 0.4) is 0 Å². The SMILES string of the molecule is N=C(N)CSCCSC(CSCC(CSC(=N)N)SCCSCC(=N)N)CSC(=N)N. The van der Waals surface area contributed by atoms with E-state index in [0.717, 1.165) is 46.0 Å². The van der Waals surface area contributed by atoms with Crippen molar-refractivity contribution in [1.29, 1.82) is 21.6 Å². The first-order chi connectivity index (χ1) is 14.7. The summed E-state index contributed by atoms with van der Waals surface area (Å²) in [5.41, 5.74) is 21.8. The summed E-state index contributed by atoms with van der Waals surface area (Å²) in [6, 6.07) is 0. The second-order valence-electron chi connectivity index (χ2n) is 6.03. The zero-order valence-electron chi connectivity index (χ0n) is 17.4. The van der Waals surface area contributed by atoms with Crippen LogP contribution >= 0.6 is 82.3 Å². The Kier molecular flexibility index (Phi) is 21.1. The molecule has 0 amide bonds. The van der Waals surface area contributed by atoms with E-state index in [9.17, 15) is 0 Å². The Labute approximate surface area is 215 Å². The van der Waals surface area contributed by atoms with Crippen molar-refractivity contribution in [3.05, 3.63) is 0 Å². The third kappa shape index (κ3) is 23.3. The number of nitrogens with one attached hydrogen (secondary N) is 4. The van der Waals surface area contributed by atoms with E-state index in [0.29, 0.717) is 22.0 Å². The van der Waals surface area contributed by atoms with E-state index < -0.39 is 0 Å². The van der Waals surface area contributed by atoms with Crippen LogP contribution in [-0.2, 0) is 0 Å². The Morgan fingerprint density at radius 1 is 0.548 bits per heavy atom. The molecule has 2 unspecified atom stereocenters. The molecule has 180 valence electrons. The number of nitrogens with two attached hydrogens (primary N) is 4. The molecule has 0 saturated heterocycles. The van der Waals surface area contributed by atoms with Gasteiger partial charge in [-0.1, -0.05) is 23.5 Å². The molecule has 0 fully saturated rings. The Morgan fingerprint density at radius 3 is 1.26 bits per heavy atom. The van der Waals surface area contributed by atoms with Crippen molar-refractivity contribution in [3.63, 3.8) is 0 Å². The summed E-state index contributed by atoms with van der Waals surface area (Å²) < 4.78 is 0. The van der Waals surface area contributed by atoms with Crippen LogP contribution in [0.2, 0.25) is 0 Å². The summed E-state index contributed by atoms with van der Waals surface area (Å²) in [7, 11) is 0. The van der Waals surface area contributed by atoms with Gasteiger partial charge < -0.3 is 22.9 Å². The molecule has 0 aliphatic heterocycles. The molecule has 15 heteroatoms. The van der Waals surface area contributed by atoms with Crippen LogP contribution in [0.15, 0.2) is 0 Å². The van der Waals surface area contributed by atoms with Gasteiger partial charge in [-0.2, -0.15) is 58.8 Å². The van der Waals surface area contributed by atoms with Gasteiger partial charge in [0.05, 0.1) is 11.5 Å². The van der Waals surface area contributed by atoms with E-state index in [2.05, 4.69) is 0 Å². The lowest BCUT2D eigenvalue weighted by atomic mass is 10.5. The molecule has 0 aromatic rings. The van der Waals surface area contributed by atoms with Gasteiger partial charge in [-0.25, -0.2) is 0 Å². The van der Waals surface area contributed by atoms with Gasteiger partial charge >= 0.3 is 0 Å². The fourth-order valence-electron chi connectivity index (χ4n) is 1.90. The molecule has 0 aromatic heterocycles. The average Bonchev–Trinajstić information content (AvgIpc) is 2.67. The van der Waals surface area contributed by atoms with Gasteiger partial charge in [-0.3, -0.25) is 21.6 Å². The van der Waals surface area contributed by atoms with Gasteiger partial charge in [0.2, 0.25) is 0 Å². The fraction of sp³-hybridized carbons (Fsp3) is 0.750. The van der Waals surface area contributed by atoms with Gasteiger partial charge in [0.25, 0.3) is 0 Å². The molecule has 2 atom stereocenters. The standard InChI is InChI=1S/C16H34N8S7/c17-13(18)9-25-1-3-28-11(7-30-15(21)22)5-27-6-12(8-31-16(23)24)29-4-2-26-10-14(19)20/h11-12H,1-10H2,(H3,17,18)(H3,19,20)(H3,21,22)(H3,23,24). The highest BCUT2D eigenvalue weighted by Crippen LogP contribution is 2.26. The molecule has 31 heavy (non-hydrogen) atoms. The van der Waals surface area contributed by atoms with Gasteiger partial charge in [0.15, 0.2) is 10.3 Å². The lowest BCUT2D eigenvalue weighted by Crippen LogP contribution is -2.19. The van der Waals surface area contributed by atoms with Gasteiger partial charge in [-0.15, -0.1) is 0 Å². The van der Waals surface area contributed by atoms with Crippen molar-refractivity contribution in [2.45, 2.75) is 10.5 Å². The third-order valence-corrected chi connectivity index (χ3v) is 12.0. The number of hydrogen-bond donors (Lipinski definition) is 8. The van der Waals surface area contributed by atoms with E-state index in [4.69, 9.17) is 44.6 Å². The molecule has 0 rings (SSSR count). The largest absolute Gasteiger partial charge is 0.387 e. The van der Waals surface area contributed by atoms with E-state index in [1.54, 1.807) is 23.5 Å². The average molecular weight is 563 g/mol. The number of amidine groups is 4. The van der Waals surface area contributed by atoms with E-state index in [1.165, 1.54) is 23.5 Å². The topological polar surface area (TPSA) is 199 Å². The normalized spacial score (nSPS) is 12.9. The molecule has 0 heterocycles. The van der Waals surface area contributed by atoms with Crippen LogP contribution in [-0.4, -0.2) is 90.0 Å². The van der Waals surface area contributed by atoms with Crippen molar-refractivity contribution in [2.75, 3.05) is 57.5 Å². The molecule has 0 saturated carbocycles. The zero-order valence-corrected chi connectivity index (χ0v) is 23.1. The van der Waals surface area contributed by atoms with Crippen LogP contribution in [0, 0.1) is 21.6 Å². The molecule has 0 aliphatic rings. The summed E-state index contributed by atoms with van der Waals surface area (Å²) >= 11 is 11.8. The molecule has 0 bridgehead atoms. The van der Waals surface area contributed by atoms with E-state index in [-0.39, 0.29) is 22.0 Å². The molecule has 0 radical (unpaired) electrons. The first-order valence-electron chi connectivity index (χ1n) is 9.26. The fourth-order valence-corrected chi connectivity index (χ4v) is 9.69. The van der Waals surface area contributed by atoms with Crippen molar-refractivity contribution in [2.24, 2.45) is 22.9 Å². The Balaban J connectivity index is 4.39. The monoisotopic (exact) mass is 562 g/mol. The summed E-state index contributed by atoms with van der Waals surface area (Å²) in [5, 5.41) is 30.6. The minimum Gasteiger partial charge on any atom is -0.387 e. The van der Waals surface area contributed by atoms with Gasteiger partial charge in [0.1, 0.15) is 11.7 Å². The molecule has 12 N–H and O–H groups in total. The maximum atomic E-state index is 7.48. The molecule has 0 aromatic carbocycles. The first-order valence-corrected chi connectivity index (χ1v) is 16.8. The number of hydrogen-bond acceptors (Lipinski definition) is 11. The molecule has 8 nitrogen and oxygen atoms in total. The predicted molar refractivity (Wildman–Crippen MR) is 157 cm³/mol. The predicted octanol–water partition coefficient (Wildman–Crippen LogP) is 2.51. The Hall–Kier alpha value is 0.330. The lowest BCUT2D eigenvalue weighted by molar-refractivity contribution is 1.12. The minimum absolute atomic E-state index is 0.149. The molecular weight excluding hydrogens is 529 g/mol. The van der Waals surface area contributed by atoms with Gasteiger partial charge in [-0.05, 0) is 0 Å². The smallest absolute Gasteiger partial charge is 0.151 e. The maximum Gasteiger partial charge on any atom is 0.151 e. The summed E-state index contributed by atoms with van der Waals surface area (Å²) in [4.78, 5) is 0. The van der Waals surface area contributed by atoms with E-state index >= 15 is 0 Å². The minimum atomic E-state index is 0.149. The zero-order chi connectivity index (χ0) is 23.5. The lowest BCUT2D eigenvalue weighted by Gasteiger charge is -2.19. The van der Waals surface area contributed by atoms with Crippen LogP contribution in [0.5, 0.6) is 0 Å². The third-order valence-electron chi connectivity index (χ3n) is 3.13. The molecule has 0 spiro atoms. The number of rotatable bonds is 20. The van der Waals surface area contributed by atoms with Crippen molar-refractivity contribution in [3.8, 4) is 0 Å². The highest BCUT2D eigenvalue weighted by Gasteiger charge is 2.15. The first kappa shape index (κ1) is 31.3. The highest BCUT2D eigenvalue weighted by atomic mass is 32.2.